The van der Waals surface area contributed by atoms with Crippen molar-refractivity contribution in [3.8, 4) is 11.1 Å². The van der Waals surface area contributed by atoms with Crippen molar-refractivity contribution in [1.29, 1.82) is 0 Å². The molecule has 0 aromatic heterocycles. The lowest BCUT2D eigenvalue weighted by atomic mass is 10.0. The lowest BCUT2D eigenvalue weighted by molar-refractivity contribution is 1.45. The van der Waals surface area contributed by atoms with Crippen LogP contribution in [0.25, 0.3) is 11.1 Å². The SMILES string of the molecule is Cc1ccc(I)c(-c2cc(Cl)ccc2Cl)c1. The fourth-order valence-corrected chi connectivity index (χ4v) is 2.57. The van der Waals surface area contributed by atoms with Gasteiger partial charge in [0.15, 0.2) is 0 Å². The molecule has 0 aliphatic rings. The maximum absolute atomic E-state index is 6.19. The number of rotatable bonds is 1. The predicted octanol–water partition coefficient (Wildman–Crippen LogP) is 5.57. The first-order chi connectivity index (χ1) is 7.58. The van der Waals surface area contributed by atoms with Crippen LogP contribution in [0.4, 0.5) is 0 Å². The van der Waals surface area contributed by atoms with Crippen molar-refractivity contribution < 1.29 is 0 Å². The Kier molecular flexibility index (Phi) is 3.77. The molecule has 0 radical (unpaired) electrons. The van der Waals surface area contributed by atoms with Crippen LogP contribution in [0, 0.1) is 10.5 Å². The molecule has 3 heteroatoms. The summed E-state index contributed by atoms with van der Waals surface area (Å²) in [4.78, 5) is 0. The average molecular weight is 363 g/mol. The monoisotopic (exact) mass is 362 g/mol. The second kappa shape index (κ2) is 4.94. The molecule has 0 saturated carbocycles. The Bertz CT molecular complexity index is 486. The third-order valence-electron chi connectivity index (χ3n) is 2.34. The zero-order valence-corrected chi connectivity index (χ0v) is 12.3. The van der Waals surface area contributed by atoms with Gasteiger partial charge in [0.25, 0.3) is 0 Å². The van der Waals surface area contributed by atoms with E-state index in [1.807, 2.05) is 12.1 Å². The van der Waals surface area contributed by atoms with Crippen LogP contribution in [0.2, 0.25) is 10.0 Å². The minimum atomic E-state index is 0.705. The summed E-state index contributed by atoms with van der Waals surface area (Å²) in [5, 5.41) is 1.43. The molecule has 0 amide bonds. The van der Waals surface area contributed by atoms with E-state index in [1.54, 1.807) is 6.07 Å². The van der Waals surface area contributed by atoms with Crippen LogP contribution in [0.5, 0.6) is 0 Å². The van der Waals surface area contributed by atoms with Gasteiger partial charge in [-0.3, -0.25) is 0 Å². The standard InChI is InChI=1S/C13H9Cl2I/c1-8-2-5-13(16)11(6-8)10-7-9(14)3-4-12(10)15/h2-7H,1H3. The van der Waals surface area contributed by atoms with Gasteiger partial charge < -0.3 is 0 Å². The summed E-state index contributed by atoms with van der Waals surface area (Å²) in [6.45, 7) is 2.07. The number of aryl methyl sites for hydroxylation is 1. The molecule has 0 unspecified atom stereocenters. The topological polar surface area (TPSA) is 0 Å². The molecule has 82 valence electrons. The van der Waals surface area contributed by atoms with Crippen LogP contribution < -0.4 is 0 Å². The van der Waals surface area contributed by atoms with Crippen LogP contribution >= 0.6 is 45.8 Å². The van der Waals surface area contributed by atoms with Gasteiger partial charge in [-0.15, -0.1) is 0 Å². The Morgan fingerprint density at radius 2 is 1.69 bits per heavy atom. The first-order valence-electron chi connectivity index (χ1n) is 4.79. The summed E-state index contributed by atoms with van der Waals surface area (Å²) >= 11 is 14.5. The molecule has 0 atom stereocenters. The van der Waals surface area contributed by atoms with Crippen molar-refractivity contribution in [3.05, 3.63) is 55.6 Å². The molecule has 0 aliphatic heterocycles. The maximum Gasteiger partial charge on any atom is 0.0485 e. The molecular weight excluding hydrogens is 354 g/mol. The van der Waals surface area contributed by atoms with Crippen LogP contribution in [-0.2, 0) is 0 Å². The fraction of sp³-hybridized carbons (Fsp3) is 0.0769. The summed E-state index contributed by atoms with van der Waals surface area (Å²) in [6, 6.07) is 11.8. The van der Waals surface area contributed by atoms with Crippen LogP contribution in [0.3, 0.4) is 0 Å². The predicted molar refractivity (Wildman–Crippen MR) is 79.4 cm³/mol. The molecule has 0 heterocycles. The smallest absolute Gasteiger partial charge is 0.0485 e. The normalized spacial score (nSPS) is 10.5. The van der Waals surface area contributed by atoms with Crippen LogP contribution in [0.15, 0.2) is 36.4 Å². The van der Waals surface area contributed by atoms with Gasteiger partial charge in [-0.2, -0.15) is 0 Å². The molecule has 0 fully saturated rings. The maximum atomic E-state index is 6.19. The molecule has 2 aromatic rings. The molecule has 2 aromatic carbocycles. The Morgan fingerprint density at radius 1 is 0.938 bits per heavy atom. The molecule has 0 bridgehead atoms. The van der Waals surface area contributed by atoms with E-state index in [1.165, 1.54) is 9.13 Å². The highest BCUT2D eigenvalue weighted by atomic mass is 127. The van der Waals surface area contributed by atoms with E-state index in [4.69, 9.17) is 23.2 Å². The van der Waals surface area contributed by atoms with Crippen molar-refractivity contribution in [2.24, 2.45) is 0 Å². The van der Waals surface area contributed by atoms with E-state index in [-0.39, 0.29) is 0 Å². The van der Waals surface area contributed by atoms with E-state index in [2.05, 4.69) is 47.7 Å². The highest BCUT2D eigenvalue weighted by Crippen LogP contribution is 2.33. The summed E-state index contributed by atoms with van der Waals surface area (Å²) in [6.07, 6.45) is 0. The highest BCUT2D eigenvalue weighted by molar-refractivity contribution is 14.1. The number of halogens is 3. The zero-order chi connectivity index (χ0) is 11.7. The van der Waals surface area contributed by atoms with Gasteiger partial charge >= 0.3 is 0 Å². The minimum absolute atomic E-state index is 0.705. The first-order valence-corrected chi connectivity index (χ1v) is 6.63. The fourth-order valence-electron chi connectivity index (χ4n) is 1.55. The zero-order valence-electron chi connectivity index (χ0n) is 8.60. The Hall–Kier alpha value is -0.250. The van der Waals surface area contributed by atoms with Crippen molar-refractivity contribution >= 4 is 45.8 Å². The van der Waals surface area contributed by atoms with Gasteiger partial charge in [0.1, 0.15) is 0 Å². The van der Waals surface area contributed by atoms with E-state index < -0.39 is 0 Å². The Balaban J connectivity index is 2.66. The van der Waals surface area contributed by atoms with Gasteiger partial charge in [-0.1, -0.05) is 40.9 Å². The minimum Gasteiger partial charge on any atom is -0.0843 e. The Morgan fingerprint density at radius 3 is 2.44 bits per heavy atom. The number of hydrogen-bond donors (Lipinski definition) is 0. The second-order valence-corrected chi connectivity index (χ2v) is 5.61. The lowest BCUT2D eigenvalue weighted by Crippen LogP contribution is -1.86. The van der Waals surface area contributed by atoms with Gasteiger partial charge in [-0.25, -0.2) is 0 Å². The molecule has 0 N–H and O–H groups in total. The number of benzene rings is 2. The quantitative estimate of drug-likeness (QED) is 0.581. The Labute approximate surface area is 119 Å². The van der Waals surface area contributed by atoms with Gasteiger partial charge in [0.05, 0.1) is 0 Å². The van der Waals surface area contributed by atoms with Crippen LogP contribution in [-0.4, -0.2) is 0 Å². The summed E-state index contributed by atoms with van der Waals surface area (Å²) in [5.74, 6) is 0. The van der Waals surface area contributed by atoms with Gasteiger partial charge in [0.2, 0.25) is 0 Å². The van der Waals surface area contributed by atoms with Crippen molar-refractivity contribution in [1.82, 2.24) is 0 Å². The largest absolute Gasteiger partial charge is 0.0843 e. The number of hydrogen-bond acceptors (Lipinski definition) is 0. The summed E-state index contributed by atoms with van der Waals surface area (Å²) in [7, 11) is 0. The van der Waals surface area contributed by atoms with E-state index >= 15 is 0 Å². The van der Waals surface area contributed by atoms with E-state index in [9.17, 15) is 0 Å². The molecule has 16 heavy (non-hydrogen) atoms. The van der Waals surface area contributed by atoms with Crippen molar-refractivity contribution in [3.63, 3.8) is 0 Å². The molecule has 0 nitrogen and oxygen atoms in total. The van der Waals surface area contributed by atoms with Gasteiger partial charge in [0, 0.05) is 19.2 Å². The highest BCUT2D eigenvalue weighted by Gasteiger charge is 2.08. The third-order valence-corrected chi connectivity index (χ3v) is 3.85. The van der Waals surface area contributed by atoms with Crippen molar-refractivity contribution in [2.75, 3.05) is 0 Å². The van der Waals surface area contributed by atoms with Gasteiger partial charge in [-0.05, 0) is 59.3 Å². The van der Waals surface area contributed by atoms with E-state index in [0.29, 0.717) is 5.02 Å². The third kappa shape index (κ3) is 2.53. The molecule has 0 aliphatic carbocycles. The summed E-state index contributed by atoms with van der Waals surface area (Å²) < 4.78 is 1.17. The molecule has 2 rings (SSSR count). The van der Waals surface area contributed by atoms with Crippen LogP contribution in [0.1, 0.15) is 5.56 Å². The second-order valence-electron chi connectivity index (χ2n) is 3.61. The van der Waals surface area contributed by atoms with E-state index in [0.717, 1.165) is 16.1 Å². The molecule has 0 spiro atoms. The molecule has 0 saturated heterocycles. The lowest BCUT2D eigenvalue weighted by Gasteiger charge is -2.08. The molecular formula is C13H9Cl2I. The first kappa shape index (κ1) is 12.2. The summed E-state index contributed by atoms with van der Waals surface area (Å²) in [5.41, 5.74) is 3.34. The van der Waals surface area contributed by atoms with Crippen molar-refractivity contribution in [2.45, 2.75) is 6.92 Å². The average Bonchev–Trinajstić information content (AvgIpc) is 2.25.